The average molecular weight is 377 g/mol. The molecule has 1 fully saturated rings. The Labute approximate surface area is 149 Å². The number of nitrogens with zero attached hydrogens (tertiary/aromatic N) is 2. The number of aromatic nitrogens is 2. The number of aromatic amines is 1. The number of fused-ring (bicyclic) bond motifs is 1. The fourth-order valence-corrected chi connectivity index (χ4v) is 5.16. The molecule has 1 aliphatic rings. The van der Waals surface area contributed by atoms with Crippen LogP contribution in [-0.4, -0.2) is 35.8 Å². The molecule has 0 unspecified atom stereocenters. The number of piperidine rings is 1. The molecule has 0 spiro atoms. The van der Waals surface area contributed by atoms with Gasteiger partial charge in [-0.25, -0.2) is 22.2 Å². The standard InChI is InChI=1S/C18H17F2N3O2S/c19-15-4-1-5-16(20)17(15)26(24,25)23-9-6-12(7-10-23)14-11-22-18-13(14)3-2-8-21-18/h1-5,8,11-12H,6-7,9-10H2,(H,21,22). The Morgan fingerprint density at radius 3 is 2.46 bits per heavy atom. The molecule has 1 aliphatic heterocycles. The molecule has 1 saturated heterocycles. The van der Waals surface area contributed by atoms with Crippen molar-refractivity contribution in [3.8, 4) is 0 Å². The summed E-state index contributed by atoms with van der Waals surface area (Å²) in [6.07, 6.45) is 4.78. The summed E-state index contributed by atoms with van der Waals surface area (Å²) in [5.74, 6) is -1.95. The first-order valence-corrected chi connectivity index (χ1v) is 9.78. The maximum atomic E-state index is 13.9. The van der Waals surface area contributed by atoms with Gasteiger partial charge in [-0.1, -0.05) is 6.07 Å². The highest BCUT2D eigenvalue weighted by molar-refractivity contribution is 7.89. The van der Waals surface area contributed by atoms with Gasteiger partial charge in [0.25, 0.3) is 0 Å². The molecule has 4 rings (SSSR count). The predicted molar refractivity (Wildman–Crippen MR) is 93.2 cm³/mol. The topological polar surface area (TPSA) is 66.1 Å². The molecule has 0 bridgehead atoms. The van der Waals surface area contributed by atoms with Gasteiger partial charge in [0.1, 0.15) is 17.3 Å². The lowest BCUT2D eigenvalue weighted by atomic mass is 9.90. The van der Waals surface area contributed by atoms with Crippen molar-refractivity contribution in [1.82, 2.24) is 14.3 Å². The first-order valence-electron chi connectivity index (χ1n) is 8.34. The maximum absolute atomic E-state index is 13.9. The molecule has 5 nitrogen and oxygen atoms in total. The second-order valence-corrected chi connectivity index (χ2v) is 8.25. The number of H-pyrrole nitrogens is 1. The Morgan fingerprint density at radius 1 is 1.08 bits per heavy atom. The highest BCUT2D eigenvalue weighted by Crippen LogP contribution is 2.34. The minimum Gasteiger partial charge on any atom is -0.346 e. The molecule has 26 heavy (non-hydrogen) atoms. The number of halogens is 2. The van der Waals surface area contributed by atoms with Crippen LogP contribution in [0.15, 0.2) is 47.6 Å². The summed E-state index contributed by atoms with van der Waals surface area (Å²) >= 11 is 0. The third kappa shape index (κ3) is 2.79. The van der Waals surface area contributed by atoms with Crippen LogP contribution in [0.2, 0.25) is 0 Å². The SMILES string of the molecule is O=S(=O)(c1c(F)cccc1F)N1CCC(c2c[nH]c3ncccc23)CC1. The van der Waals surface area contributed by atoms with E-state index < -0.39 is 26.6 Å². The Hall–Kier alpha value is -2.32. The smallest absolute Gasteiger partial charge is 0.248 e. The van der Waals surface area contributed by atoms with Crippen LogP contribution in [0.25, 0.3) is 11.0 Å². The zero-order valence-corrected chi connectivity index (χ0v) is 14.6. The zero-order chi connectivity index (χ0) is 18.3. The van der Waals surface area contributed by atoms with Crippen LogP contribution in [0.4, 0.5) is 8.78 Å². The van der Waals surface area contributed by atoms with Gasteiger partial charge in [0, 0.05) is 30.9 Å². The molecule has 8 heteroatoms. The largest absolute Gasteiger partial charge is 0.346 e. The van der Waals surface area contributed by atoms with E-state index in [1.165, 1.54) is 0 Å². The highest BCUT2D eigenvalue weighted by Gasteiger charge is 2.34. The van der Waals surface area contributed by atoms with Crippen molar-refractivity contribution in [3.63, 3.8) is 0 Å². The number of hydrogen-bond acceptors (Lipinski definition) is 3. The fourth-order valence-electron chi connectivity index (χ4n) is 3.58. The van der Waals surface area contributed by atoms with Crippen LogP contribution >= 0.6 is 0 Å². The summed E-state index contributed by atoms with van der Waals surface area (Å²) in [6, 6.07) is 6.91. The normalized spacial score (nSPS) is 17.0. The highest BCUT2D eigenvalue weighted by atomic mass is 32.2. The lowest BCUT2D eigenvalue weighted by Gasteiger charge is -2.31. The average Bonchev–Trinajstić information content (AvgIpc) is 3.05. The van der Waals surface area contributed by atoms with Crippen molar-refractivity contribution in [2.75, 3.05) is 13.1 Å². The van der Waals surface area contributed by atoms with Gasteiger partial charge in [0.15, 0.2) is 4.90 Å². The molecule has 136 valence electrons. The van der Waals surface area contributed by atoms with Crippen molar-refractivity contribution < 1.29 is 17.2 Å². The van der Waals surface area contributed by atoms with E-state index in [0.29, 0.717) is 12.8 Å². The minimum atomic E-state index is -4.19. The molecular weight excluding hydrogens is 360 g/mol. The Balaban J connectivity index is 1.57. The number of benzene rings is 1. The number of hydrogen-bond donors (Lipinski definition) is 1. The minimum absolute atomic E-state index is 0.171. The first kappa shape index (κ1) is 17.1. The summed E-state index contributed by atoms with van der Waals surface area (Å²) in [7, 11) is -4.19. The fraction of sp³-hybridized carbons (Fsp3) is 0.278. The number of rotatable bonds is 3. The van der Waals surface area contributed by atoms with E-state index in [9.17, 15) is 17.2 Å². The molecular formula is C18H17F2N3O2S. The Kier molecular flexibility index (Phi) is 4.24. The lowest BCUT2D eigenvalue weighted by Crippen LogP contribution is -2.38. The van der Waals surface area contributed by atoms with E-state index in [-0.39, 0.29) is 19.0 Å². The van der Waals surface area contributed by atoms with Gasteiger partial charge < -0.3 is 4.98 Å². The van der Waals surface area contributed by atoms with Crippen LogP contribution in [-0.2, 0) is 10.0 Å². The zero-order valence-electron chi connectivity index (χ0n) is 13.8. The van der Waals surface area contributed by atoms with Gasteiger partial charge in [-0.3, -0.25) is 0 Å². The second-order valence-electron chi connectivity index (χ2n) is 6.37. The van der Waals surface area contributed by atoms with Crippen LogP contribution in [0.5, 0.6) is 0 Å². The van der Waals surface area contributed by atoms with E-state index in [4.69, 9.17) is 0 Å². The molecule has 1 N–H and O–H groups in total. The predicted octanol–water partition coefficient (Wildman–Crippen LogP) is 3.41. The second kappa shape index (κ2) is 6.44. The van der Waals surface area contributed by atoms with Crippen molar-refractivity contribution in [2.45, 2.75) is 23.7 Å². The Morgan fingerprint density at radius 2 is 1.77 bits per heavy atom. The molecule has 3 aromatic rings. The van der Waals surface area contributed by atoms with E-state index in [2.05, 4.69) is 9.97 Å². The van der Waals surface area contributed by atoms with E-state index >= 15 is 0 Å². The van der Waals surface area contributed by atoms with Gasteiger partial charge in [-0.2, -0.15) is 4.31 Å². The summed E-state index contributed by atoms with van der Waals surface area (Å²) < 4.78 is 54.3. The monoisotopic (exact) mass is 377 g/mol. The molecule has 0 aliphatic carbocycles. The van der Waals surface area contributed by atoms with Crippen molar-refractivity contribution >= 4 is 21.1 Å². The Bertz CT molecular complexity index is 1040. The van der Waals surface area contributed by atoms with E-state index in [1.54, 1.807) is 6.20 Å². The van der Waals surface area contributed by atoms with Crippen molar-refractivity contribution in [2.24, 2.45) is 0 Å². The van der Waals surface area contributed by atoms with Gasteiger partial charge in [0.05, 0.1) is 0 Å². The van der Waals surface area contributed by atoms with Crippen molar-refractivity contribution in [3.05, 3.63) is 59.9 Å². The van der Waals surface area contributed by atoms with Crippen LogP contribution < -0.4 is 0 Å². The summed E-state index contributed by atoms with van der Waals surface area (Å²) in [6.45, 7) is 0.432. The van der Waals surface area contributed by atoms with E-state index in [0.717, 1.165) is 39.1 Å². The molecule has 0 saturated carbocycles. The molecule has 3 heterocycles. The number of nitrogens with one attached hydrogen (secondary N) is 1. The molecule has 1 aromatic carbocycles. The van der Waals surface area contributed by atoms with Crippen molar-refractivity contribution in [1.29, 1.82) is 0 Å². The summed E-state index contributed by atoms with van der Waals surface area (Å²) in [5.41, 5.74) is 1.90. The van der Waals surface area contributed by atoms with Crippen LogP contribution in [0.3, 0.4) is 0 Å². The molecule has 2 aromatic heterocycles. The van der Waals surface area contributed by atoms with Crippen LogP contribution in [0.1, 0.15) is 24.3 Å². The third-order valence-corrected chi connectivity index (χ3v) is 6.84. The molecule has 0 amide bonds. The number of pyridine rings is 1. The van der Waals surface area contributed by atoms with Gasteiger partial charge in [-0.05, 0) is 48.6 Å². The quantitative estimate of drug-likeness (QED) is 0.761. The van der Waals surface area contributed by atoms with E-state index in [1.807, 2.05) is 18.3 Å². The van der Waals surface area contributed by atoms with Gasteiger partial charge in [-0.15, -0.1) is 0 Å². The van der Waals surface area contributed by atoms with Crippen LogP contribution in [0, 0.1) is 11.6 Å². The summed E-state index contributed by atoms with van der Waals surface area (Å²) in [4.78, 5) is 6.52. The number of sulfonamides is 1. The molecule has 0 atom stereocenters. The van der Waals surface area contributed by atoms with Gasteiger partial charge >= 0.3 is 0 Å². The summed E-state index contributed by atoms with van der Waals surface area (Å²) in [5, 5.41) is 1.02. The maximum Gasteiger partial charge on any atom is 0.248 e. The molecule has 0 radical (unpaired) electrons. The first-order chi connectivity index (χ1) is 12.5. The lowest BCUT2D eigenvalue weighted by molar-refractivity contribution is 0.317. The van der Waals surface area contributed by atoms with Gasteiger partial charge in [0.2, 0.25) is 10.0 Å². The third-order valence-electron chi connectivity index (χ3n) is 4.89.